The number of nitrogens with zero attached hydrogens (tertiary/aromatic N) is 2. The number of para-hydroxylation sites is 1. The van der Waals surface area contributed by atoms with Gasteiger partial charge in [-0.2, -0.15) is 5.10 Å². The SMILES string of the molecule is COCCn1ncc(Cl)c1C(O)c1cccc(OC)c1N. The predicted molar refractivity (Wildman–Crippen MR) is 80.6 cm³/mol. The Kier molecular flexibility index (Phi) is 5.06. The molecule has 7 heteroatoms. The number of aliphatic hydroxyl groups excluding tert-OH is 1. The lowest BCUT2D eigenvalue weighted by Gasteiger charge is -2.17. The average Bonchev–Trinajstić information content (AvgIpc) is 2.85. The molecule has 0 aliphatic rings. The molecule has 6 nitrogen and oxygen atoms in total. The van der Waals surface area contributed by atoms with Crippen molar-refractivity contribution in [3.63, 3.8) is 0 Å². The zero-order valence-corrected chi connectivity index (χ0v) is 12.7. The third-order valence-electron chi connectivity index (χ3n) is 3.21. The molecule has 114 valence electrons. The smallest absolute Gasteiger partial charge is 0.142 e. The summed E-state index contributed by atoms with van der Waals surface area (Å²) in [4.78, 5) is 0. The standard InChI is InChI=1S/C14H18ClN3O3/c1-20-7-6-18-13(10(15)8-17-18)14(19)9-4-3-5-11(21-2)12(9)16/h3-5,8,14,19H,6-7,16H2,1-2H3. The van der Waals surface area contributed by atoms with Crippen molar-refractivity contribution in [2.24, 2.45) is 0 Å². The third-order valence-corrected chi connectivity index (χ3v) is 3.51. The predicted octanol–water partition coefficient (Wildman–Crippen LogP) is 1.86. The summed E-state index contributed by atoms with van der Waals surface area (Å²) >= 11 is 6.14. The van der Waals surface area contributed by atoms with Crippen LogP contribution in [-0.2, 0) is 11.3 Å². The maximum Gasteiger partial charge on any atom is 0.142 e. The van der Waals surface area contributed by atoms with Gasteiger partial charge in [-0.05, 0) is 6.07 Å². The molecule has 0 bridgehead atoms. The number of nitrogen functional groups attached to an aromatic ring is 1. The van der Waals surface area contributed by atoms with Crippen LogP contribution in [-0.4, -0.2) is 35.7 Å². The highest BCUT2D eigenvalue weighted by molar-refractivity contribution is 6.31. The summed E-state index contributed by atoms with van der Waals surface area (Å²) in [5, 5.41) is 15.1. The number of hydrogen-bond acceptors (Lipinski definition) is 5. The fourth-order valence-corrected chi connectivity index (χ4v) is 2.37. The number of nitrogens with two attached hydrogens (primary N) is 1. The molecule has 0 aliphatic carbocycles. The molecular weight excluding hydrogens is 294 g/mol. The van der Waals surface area contributed by atoms with Crippen molar-refractivity contribution in [3.8, 4) is 5.75 Å². The summed E-state index contributed by atoms with van der Waals surface area (Å²) in [5.74, 6) is 0.505. The van der Waals surface area contributed by atoms with Crippen LogP contribution in [0.15, 0.2) is 24.4 Å². The summed E-state index contributed by atoms with van der Waals surface area (Å²) in [6.45, 7) is 0.949. The van der Waals surface area contributed by atoms with Crippen molar-refractivity contribution in [1.82, 2.24) is 9.78 Å². The molecule has 0 spiro atoms. The second-order valence-corrected chi connectivity index (χ2v) is 4.87. The van der Waals surface area contributed by atoms with Crippen LogP contribution in [0, 0.1) is 0 Å². The van der Waals surface area contributed by atoms with Crippen LogP contribution < -0.4 is 10.5 Å². The number of benzene rings is 1. The summed E-state index contributed by atoms with van der Waals surface area (Å²) in [5.41, 5.74) is 7.40. The molecule has 1 aromatic heterocycles. The summed E-state index contributed by atoms with van der Waals surface area (Å²) in [7, 11) is 3.12. The zero-order chi connectivity index (χ0) is 15.4. The topological polar surface area (TPSA) is 82.5 Å². The van der Waals surface area contributed by atoms with Crippen molar-refractivity contribution in [1.29, 1.82) is 0 Å². The van der Waals surface area contributed by atoms with Crippen LogP contribution in [0.3, 0.4) is 0 Å². The van der Waals surface area contributed by atoms with Crippen LogP contribution in [0.5, 0.6) is 5.75 Å². The van der Waals surface area contributed by atoms with Gasteiger partial charge in [0.05, 0.1) is 42.9 Å². The van der Waals surface area contributed by atoms with Gasteiger partial charge in [0, 0.05) is 12.7 Å². The number of anilines is 1. The number of halogens is 1. The number of aliphatic hydroxyl groups is 1. The molecule has 0 aliphatic heterocycles. The fraction of sp³-hybridized carbons (Fsp3) is 0.357. The van der Waals surface area contributed by atoms with E-state index in [2.05, 4.69) is 5.10 Å². The normalized spacial score (nSPS) is 12.4. The molecule has 1 aromatic carbocycles. The molecule has 2 aromatic rings. The minimum Gasteiger partial charge on any atom is -0.495 e. The number of methoxy groups -OCH3 is 2. The molecule has 1 heterocycles. The van der Waals surface area contributed by atoms with Gasteiger partial charge < -0.3 is 20.3 Å². The van der Waals surface area contributed by atoms with Gasteiger partial charge in [-0.3, -0.25) is 4.68 Å². The quantitative estimate of drug-likeness (QED) is 0.796. The minimum absolute atomic E-state index is 0.376. The Morgan fingerprint density at radius 1 is 1.43 bits per heavy atom. The van der Waals surface area contributed by atoms with Crippen LogP contribution in [0.25, 0.3) is 0 Å². The van der Waals surface area contributed by atoms with E-state index in [0.717, 1.165) is 0 Å². The zero-order valence-electron chi connectivity index (χ0n) is 11.9. The second-order valence-electron chi connectivity index (χ2n) is 4.46. The minimum atomic E-state index is -0.994. The van der Waals surface area contributed by atoms with E-state index in [9.17, 15) is 5.11 Å². The van der Waals surface area contributed by atoms with E-state index in [-0.39, 0.29) is 0 Å². The molecule has 2 rings (SSSR count). The number of hydrogen-bond donors (Lipinski definition) is 2. The van der Waals surface area contributed by atoms with Gasteiger partial charge >= 0.3 is 0 Å². The average molecular weight is 312 g/mol. The Morgan fingerprint density at radius 2 is 2.19 bits per heavy atom. The molecule has 0 radical (unpaired) electrons. The van der Waals surface area contributed by atoms with Gasteiger partial charge in [-0.25, -0.2) is 0 Å². The number of aromatic nitrogens is 2. The van der Waals surface area contributed by atoms with Crippen molar-refractivity contribution in [3.05, 3.63) is 40.7 Å². The molecule has 0 saturated carbocycles. The van der Waals surface area contributed by atoms with Crippen molar-refractivity contribution < 1.29 is 14.6 Å². The molecule has 0 amide bonds. The first-order valence-electron chi connectivity index (χ1n) is 6.40. The molecular formula is C14H18ClN3O3. The highest BCUT2D eigenvalue weighted by Gasteiger charge is 2.22. The van der Waals surface area contributed by atoms with Gasteiger partial charge in [-0.1, -0.05) is 23.7 Å². The Labute approximate surface area is 128 Å². The second kappa shape index (κ2) is 6.80. The van der Waals surface area contributed by atoms with Gasteiger partial charge in [0.15, 0.2) is 0 Å². The monoisotopic (exact) mass is 311 g/mol. The Morgan fingerprint density at radius 3 is 2.86 bits per heavy atom. The largest absolute Gasteiger partial charge is 0.495 e. The van der Waals surface area contributed by atoms with Crippen LogP contribution in [0.4, 0.5) is 5.69 Å². The van der Waals surface area contributed by atoms with E-state index in [4.69, 9.17) is 26.8 Å². The first-order valence-corrected chi connectivity index (χ1v) is 6.78. The first kappa shape index (κ1) is 15.6. The summed E-state index contributed by atoms with van der Waals surface area (Å²) in [6, 6.07) is 5.22. The van der Waals surface area contributed by atoms with Crippen LogP contribution >= 0.6 is 11.6 Å². The maximum absolute atomic E-state index is 10.6. The number of ether oxygens (including phenoxy) is 2. The van der Waals surface area contributed by atoms with Crippen LogP contribution in [0.2, 0.25) is 5.02 Å². The molecule has 0 fully saturated rings. The first-order chi connectivity index (χ1) is 10.1. The molecule has 1 unspecified atom stereocenters. The molecule has 3 N–H and O–H groups in total. The third kappa shape index (κ3) is 3.12. The van der Waals surface area contributed by atoms with Crippen LogP contribution in [0.1, 0.15) is 17.4 Å². The highest BCUT2D eigenvalue weighted by atomic mass is 35.5. The van der Waals surface area contributed by atoms with Crippen molar-refractivity contribution in [2.45, 2.75) is 12.6 Å². The maximum atomic E-state index is 10.6. The van der Waals surface area contributed by atoms with Gasteiger partial charge in [0.25, 0.3) is 0 Å². The number of rotatable bonds is 6. The van der Waals surface area contributed by atoms with Gasteiger partial charge in [0.1, 0.15) is 11.9 Å². The van der Waals surface area contributed by atoms with E-state index in [0.29, 0.717) is 40.9 Å². The van der Waals surface area contributed by atoms with E-state index >= 15 is 0 Å². The Hall–Kier alpha value is -1.76. The van der Waals surface area contributed by atoms with E-state index in [1.54, 1.807) is 30.0 Å². The van der Waals surface area contributed by atoms with Crippen molar-refractivity contribution in [2.75, 3.05) is 26.6 Å². The summed E-state index contributed by atoms with van der Waals surface area (Å²) in [6.07, 6.45) is 0.499. The lowest BCUT2D eigenvalue weighted by atomic mass is 10.0. The van der Waals surface area contributed by atoms with E-state index in [1.807, 2.05) is 0 Å². The van der Waals surface area contributed by atoms with Gasteiger partial charge in [0.2, 0.25) is 0 Å². The fourth-order valence-electron chi connectivity index (χ4n) is 2.12. The lowest BCUT2D eigenvalue weighted by Crippen LogP contribution is -2.14. The summed E-state index contributed by atoms with van der Waals surface area (Å²) < 4.78 is 11.8. The highest BCUT2D eigenvalue weighted by Crippen LogP contribution is 2.35. The van der Waals surface area contributed by atoms with Gasteiger partial charge in [-0.15, -0.1) is 0 Å². The lowest BCUT2D eigenvalue weighted by molar-refractivity contribution is 0.171. The molecule has 21 heavy (non-hydrogen) atoms. The molecule has 1 atom stereocenters. The van der Waals surface area contributed by atoms with E-state index < -0.39 is 6.10 Å². The van der Waals surface area contributed by atoms with E-state index in [1.165, 1.54) is 13.3 Å². The Bertz CT molecular complexity index is 616. The Balaban J connectivity index is 2.40. The van der Waals surface area contributed by atoms with Crippen molar-refractivity contribution >= 4 is 17.3 Å². The molecule has 0 saturated heterocycles.